The molecule has 5 heteroatoms. The van der Waals surface area contributed by atoms with Crippen molar-refractivity contribution >= 4 is 5.97 Å². The van der Waals surface area contributed by atoms with Gasteiger partial charge in [0.15, 0.2) is 5.60 Å². The van der Waals surface area contributed by atoms with Gasteiger partial charge in [-0.1, -0.05) is 36.3 Å². The first kappa shape index (κ1) is 14.1. The van der Waals surface area contributed by atoms with E-state index in [0.717, 1.165) is 5.56 Å². The third kappa shape index (κ3) is 2.42. The van der Waals surface area contributed by atoms with Crippen molar-refractivity contribution < 1.29 is 24.5 Å². The fourth-order valence-electron chi connectivity index (χ4n) is 2.94. The van der Waals surface area contributed by atoms with Gasteiger partial charge in [0, 0.05) is 12.8 Å². The molecule has 2 bridgehead atoms. The van der Waals surface area contributed by atoms with E-state index in [1.165, 1.54) is 0 Å². The molecule has 3 rings (SSSR count). The van der Waals surface area contributed by atoms with Gasteiger partial charge in [0.1, 0.15) is 18.3 Å². The second-order valence-electron chi connectivity index (χ2n) is 5.51. The summed E-state index contributed by atoms with van der Waals surface area (Å²) in [5.41, 5.74) is -0.806. The van der Waals surface area contributed by atoms with Gasteiger partial charge < -0.3 is 19.7 Å². The summed E-state index contributed by atoms with van der Waals surface area (Å²) in [6.45, 7) is 0. The van der Waals surface area contributed by atoms with E-state index >= 15 is 0 Å². The lowest BCUT2D eigenvalue weighted by molar-refractivity contribution is -0.155. The molecule has 2 fully saturated rings. The van der Waals surface area contributed by atoms with E-state index in [1.807, 2.05) is 30.3 Å². The maximum absolute atomic E-state index is 11.6. The number of benzene rings is 1. The maximum atomic E-state index is 11.6. The number of aliphatic hydroxyl groups is 2. The van der Waals surface area contributed by atoms with Crippen LogP contribution < -0.4 is 0 Å². The smallest absolute Gasteiger partial charge is 0.338 e. The Bertz CT molecular complexity index is 578. The molecule has 0 radical (unpaired) electrons. The molecule has 1 aliphatic carbocycles. The summed E-state index contributed by atoms with van der Waals surface area (Å²) < 4.78 is 10.9. The van der Waals surface area contributed by atoms with Crippen molar-refractivity contribution in [1.82, 2.24) is 0 Å². The number of terminal acetylenes is 1. The van der Waals surface area contributed by atoms with Crippen molar-refractivity contribution in [2.45, 2.75) is 42.9 Å². The molecule has 2 aliphatic rings. The summed E-state index contributed by atoms with van der Waals surface area (Å²) in [5, 5.41) is 20.2. The summed E-state index contributed by atoms with van der Waals surface area (Å²) in [6, 6.07) is 9.21. The zero-order chi connectivity index (χ0) is 15.0. The van der Waals surface area contributed by atoms with Gasteiger partial charge in [-0.05, 0) is 5.56 Å². The lowest BCUT2D eigenvalue weighted by atomic mass is 9.82. The van der Waals surface area contributed by atoms with E-state index in [2.05, 4.69) is 5.92 Å². The Labute approximate surface area is 122 Å². The molecule has 5 nitrogen and oxygen atoms in total. The molecule has 1 aromatic carbocycles. The van der Waals surface area contributed by atoms with Crippen molar-refractivity contribution in [1.29, 1.82) is 0 Å². The molecule has 5 atom stereocenters. The standard InChI is InChI=1S/C16H16O5/c1-2-12(10-6-4-3-5-7-10)20-14-11(17)8-16(19)9-13(14)21-15(16)18/h1,3-7,11-14,17,19H,8-9H2/t11-,12+,13-,14-,16+/m1/s1. The zero-order valence-electron chi connectivity index (χ0n) is 11.3. The highest BCUT2D eigenvalue weighted by Gasteiger charge is 2.58. The van der Waals surface area contributed by atoms with Crippen LogP contribution in [-0.4, -0.2) is 40.1 Å². The molecule has 1 saturated carbocycles. The summed E-state index contributed by atoms with van der Waals surface area (Å²) in [7, 11) is 0. The number of carbonyl (C=O) groups excluding carboxylic acids is 1. The molecule has 0 aromatic heterocycles. The SMILES string of the molecule is C#C[C@H](O[C@@H]1[C@H](O)C[C@]2(O)C[C@H]1OC2=O)c1ccccc1. The van der Waals surface area contributed by atoms with Crippen LogP contribution in [0.3, 0.4) is 0 Å². The summed E-state index contributed by atoms with van der Waals surface area (Å²) >= 11 is 0. The number of ether oxygens (including phenoxy) is 2. The molecule has 110 valence electrons. The van der Waals surface area contributed by atoms with E-state index < -0.39 is 36.0 Å². The van der Waals surface area contributed by atoms with Gasteiger partial charge in [-0.15, -0.1) is 6.42 Å². The van der Waals surface area contributed by atoms with Crippen LogP contribution in [-0.2, 0) is 14.3 Å². The van der Waals surface area contributed by atoms with Crippen LogP contribution >= 0.6 is 0 Å². The monoisotopic (exact) mass is 288 g/mol. The van der Waals surface area contributed by atoms with Gasteiger partial charge in [-0.3, -0.25) is 0 Å². The van der Waals surface area contributed by atoms with Gasteiger partial charge in [0.25, 0.3) is 0 Å². The van der Waals surface area contributed by atoms with Crippen LogP contribution in [0.15, 0.2) is 30.3 Å². The Morgan fingerprint density at radius 1 is 1.38 bits per heavy atom. The van der Waals surface area contributed by atoms with Crippen molar-refractivity contribution in [3.63, 3.8) is 0 Å². The molecule has 1 heterocycles. The van der Waals surface area contributed by atoms with Gasteiger partial charge in [-0.2, -0.15) is 0 Å². The maximum Gasteiger partial charge on any atom is 0.338 e. The fraction of sp³-hybridized carbons (Fsp3) is 0.438. The largest absolute Gasteiger partial charge is 0.457 e. The van der Waals surface area contributed by atoms with E-state index in [1.54, 1.807) is 0 Å². The van der Waals surface area contributed by atoms with E-state index in [-0.39, 0.29) is 12.8 Å². The number of aliphatic hydroxyl groups excluding tert-OH is 1. The Hall–Kier alpha value is -1.87. The number of hydrogen-bond acceptors (Lipinski definition) is 5. The highest BCUT2D eigenvalue weighted by Crippen LogP contribution is 2.40. The Morgan fingerprint density at radius 2 is 2.10 bits per heavy atom. The molecule has 1 aliphatic heterocycles. The highest BCUT2D eigenvalue weighted by molar-refractivity contribution is 5.82. The second-order valence-corrected chi connectivity index (χ2v) is 5.51. The van der Waals surface area contributed by atoms with Gasteiger partial charge in [-0.25, -0.2) is 4.79 Å². The quantitative estimate of drug-likeness (QED) is 0.628. The number of carbonyl (C=O) groups is 1. The summed E-state index contributed by atoms with van der Waals surface area (Å²) in [4.78, 5) is 11.6. The van der Waals surface area contributed by atoms with E-state index in [0.29, 0.717) is 0 Å². The van der Waals surface area contributed by atoms with Crippen LogP contribution in [0.1, 0.15) is 24.5 Å². The number of fused-ring (bicyclic) bond motifs is 2. The van der Waals surface area contributed by atoms with Crippen LogP contribution in [0.25, 0.3) is 0 Å². The Kier molecular flexibility index (Phi) is 3.46. The average molecular weight is 288 g/mol. The summed E-state index contributed by atoms with van der Waals surface area (Å²) in [6.07, 6.45) is 2.48. The minimum absolute atomic E-state index is 0.0981. The molecular weight excluding hydrogens is 272 g/mol. The third-order valence-electron chi connectivity index (χ3n) is 4.02. The topological polar surface area (TPSA) is 76.0 Å². The van der Waals surface area contributed by atoms with Gasteiger partial charge in [0.2, 0.25) is 0 Å². The van der Waals surface area contributed by atoms with Crippen molar-refractivity contribution in [2.24, 2.45) is 0 Å². The normalized spacial score (nSPS) is 35.9. The average Bonchev–Trinajstić information content (AvgIpc) is 2.71. The summed E-state index contributed by atoms with van der Waals surface area (Å²) in [5.74, 6) is 1.83. The van der Waals surface area contributed by atoms with Crippen LogP contribution in [0.2, 0.25) is 0 Å². The molecule has 1 aromatic rings. The van der Waals surface area contributed by atoms with Crippen LogP contribution in [0.5, 0.6) is 0 Å². The third-order valence-corrected chi connectivity index (χ3v) is 4.02. The Balaban J connectivity index is 1.79. The predicted octanol–water partition coefficient (Wildman–Crippen LogP) is 0.557. The number of rotatable bonds is 3. The highest BCUT2D eigenvalue weighted by atomic mass is 16.6. The molecule has 0 unspecified atom stereocenters. The molecule has 21 heavy (non-hydrogen) atoms. The minimum atomic E-state index is -1.59. The van der Waals surface area contributed by atoms with E-state index in [4.69, 9.17) is 15.9 Å². The lowest BCUT2D eigenvalue weighted by Gasteiger charge is -2.34. The van der Waals surface area contributed by atoms with Crippen LogP contribution in [0, 0.1) is 12.3 Å². The first-order valence-electron chi connectivity index (χ1n) is 6.81. The lowest BCUT2D eigenvalue weighted by Crippen LogP contribution is -2.50. The number of esters is 1. The Morgan fingerprint density at radius 3 is 2.76 bits per heavy atom. The van der Waals surface area contributed by atoms with Crippen molar-refractivity contribution in [2.75, 3.05) is 0 Å². The molecular formula is C16H16O5. The van der Waals surface area contributed by atoms with E-state index in [9.17, 15) is 15.0 Å². The minimum Gasteiger partial charge on any atom is -0.457 e. The van der Waals surface area contributed by atoms with Crippen molar-refractivity contribution in [3.8, 4) is 12.3 Å². The van der Waals surface area contributed by atoms with Crippen LogP contribution in [0.4, 0.5) is 0 Å². The first-order valence-corrected chi connectivity index (χ1v) is 6.81. The predicted molar refractivity (Wildman–Crippen MR) is 73.0 cm³/mol. The van der Waals surface area contributed by atoms with Gasteiger partial charge >= 0.3 is 5.97 Å². The second kappa shape index (κ2) is 5.15. The molecule has 2 N–H and O–H groups in total. The molecule has 0 spiro atoms. The van der Waals surface area contributed by atoms with Gasteiger partial charge in [0.05, 0.1) is 6.10 Å². The number of hydrogen-bond donors (Lipinski definition) is 2. The molecule has 0 amide bonds. The fourth-order valence-corrected chi connectivity index (χ4v) is 2.94. The molecule has 1 saturated heterocycles. The van der Waals surface area contributed by atoms with Crippen molar-refractivity contribution in [3.05, 3.63) is 35.9 Å². The first-order chi connectivity index (χ1) is 10.0. The zero-order valence-corrected chi connectivity index (χ0v) is 11.3.